The molecular formula is C23H20ClN3O. The number of anilines is 1. The maximum Gasteiger partial charge on any atom is 0.185 e. The number of benzene rings is 3. The molecule has 4 nitrogen and oxygen atoms in total. The fourth-order valence-electron chi connectivity index (χ4n) is 2.47. The largest absolute Gasteiger partial charge is 0.378 e. The maximum atomic E-state index is 12.3. The van der Waals surface area contributed by atoms with E-state index in [-0.39, 0.29) is 5.78 Å². The topological polar surface area (TPSA) is 45.0 Å². The first-order valence-corrected chi connectivity index (χ1v) is 9.16. The summed E-state index contributed by atoms with van der Waals surface area (Å²) >= 11 is 5.86. The van der Waals surface area contributed by atoms with Crippen LogP contribution in [0.3, 0.4) is 0 Å². The molecule has 3 aromatic rings. The highest BCUT2D eigenvalue weighted by atomic mass is 35.5. The molecule has 0 bridgehead atoms. The first kappa shape index (κ1) is 19.5. The van der Waals surface area contributed by atoms with Gasteiger partial charge in [0.1, 0.15) is 0 Å². The Morgan fingerprint density at radius 1 is 0.821 bits per heavy atom. The number of allylic oxidation sites excluding steroid dienone is 1. The highest BCUT2D eigenvalue weighted by Crippen LogP contribution is 2.22. The van der Waals surface area contributed by atoms with E-state index in [2.05, 4.69) is 10.2 Å². The minimum absolute atomic E-state index is 0.0716. The van der Waals surface area contributed by atoms with Crippen molar-refractivity contribution < 1.29 is 4.79 Å². The van der Waals surface area contributed by atoms with Crippen LogP contribution in [-0.4, -0.2) is 19.9 Å². The third-order valence-electron chi connectivity index (χ3n) is 4.10. The number of carbonyl (C=O) groups is 1. The summed E-state index contributed by atoms with van der Waals surface area (Å²) in [4.78, 5) is 14.3. The van der Waals surface area contributed by atoms with Crippen LogP contribution >= 0.6 is 11.6 Å². The molecule has 28 heavy (non-hydrogen) atoms. The van der Waals surface area contributed by atoms with Gasteiger partial charge in [0.05, 0.1) is 11.4 Å². The molecule has 0 aliphatic carbocycles. The summed E-state index contributed by atoms with van der Waals surface area (Å²) in [5.41, 5.74) is 4.09. The zero-order valence-corrected chi connectivity index (χ0v) is 16.5. The SMILES string of the molecule is CN(C)c1ccc(N=Nc2ccc(C(=O)C=Cc3ccc(Cl)cc3)cc2)cc1. The summed E-state index contributed by atoms with van der Waals surface area (Å²) in [7, 11) is 3.98. The van der Waals surface area contributed by atoms with Gasteiger partial charge in [0.2, 0.25) is 0 Å². The molecule has 0 radical (unpaired) electrons. The van der Waals surface area contributed by atoms with Gasteiger partial charge < -0.3 is 4.90 Å². The second-order valence-corrected chi connectivity index (χ2v) is 6.84. The van der Waals surface area contributed by atoms with Gasteiger partial charge in [-0.2, -0.15) is 10.2 Å². The molecule has 0 spiro atoms. The molecule has 140 valence electrons. The summed E-state index contributed by atoms with van der Waals surface area (Å²) in [5, 5.41) is 9.12. The van der Waals surface area contributed by atoms with E-state index in [1.165, 1.54) is 0 Å². The van der Waals surface area contributed by atoms with E-state index >= 15 is 0 Å². The van der Waals surface area contributed by atoms with Crippen LogP contribution < -0.4 is 4.90 Å². The Bertz CT molecular complexity index is 990. The Morgan fingerprint density at radius 3 is 1.89 bits per heavy atom. The van der Waals surface area contributed by atoms with E-state index in [4.69, 9.17) is 11.6 Å². The number of ketones is 1. The molecule has 0 N–H and O–H groups in total. The number of hydrogen-bond donors (Lipinski definition) is 0. The Morgan fingerprint density at radius 2 is 1.36 bits per heavy atom. The average molecular weight is 390 g/mol. The standard InChI is InChI=1S/C23H20ClN3O/c1-27(2)22-14-12-21(13-15-22)26-25-20-10-6-18(7-11-20)23(28)16-5-17-3-8-19(24)9-4-17/h3-16H,1-2H3. The van der Waals surface area contributed by atoms with Crippen molar-refractivity contribution in [3.8, 4) is 0 Å². The van der Waals surface area contributed by atoms with E-state index in [1.54, 1.807) is 48.6 Å². The van der Waals surface area contributed by atoms with Gasteiger partial charge in [-0.1, -0.05) is 29.8 Å². The maximum absolute atomic E-state index is 12.3. The summed E-state index contributed by atoms with van der Waals surface area (Å²) in [5.74, 6) is -0.0716. The Balaban J connectivity index is 1.63. The zero-order chi connectivity index (χ0) is 19.9. The molecule has 0 heterocycles. The molecule has 0 saturated carbocycles. The third kappa shape index (κ3) is 5.38. The number of rotatable bonds is 6. The average Bonchev–Trinajstić information content (AvgIpc) is 2.72. The van der Waals surface area contributed by atoms with Crippen LogP contribution in [0, 0.1) is 0 Å². The van der Waals surface area contributed by atoms with Crippen LogP contribution in [-0.2, 0) is 0 Å². The van der Waals surface area contributed by atoms with E-state index in [0.29, 0.717) is 16.3 Å². The van der Waals surface area contributed by atoms with Crippen molar-refractivity contribution in [3.63, 3.8) is 0 Å². The molecule has 0 fully saturated rings. The minimum atomic E-state index is -0.0716. The van der Waals surface area contributed by atoms with E-state index in [0.717, 1.165) is 16.9 Å². The van der Waals surface area contributed by atoms with Gasteiger partial charge in [-0.05, 0) is 72.3 Å². The summed E-state index contributed by atoms with van der Waals surface area (Å²) in [6.45, 7) is 0. The molecule has 0 atom stereocenters. The lowest BCUT2D eigenvalue weighted by Gasteiger charge is -2.11. The van der Waals surface area contributed by atoms with Gasteiger partial charge in [-0.15, -0.1) is 0 Å². The normalized spacial score (nSPS) is 11.2. The van der Waals surface area contributed by atoms with Gasteiger partial charge in [-0.25, -0.2) is 0 Å². The van der Waals surface area contributed by atoms with Gasteiger partial charge in [-0.3, -0.25) is 4.79 Å². The van der Waals surface area contributed by atoms with Crippen molar-refractivity contribution in [2.75, 3.05) is 19.0 Å². The van der Waals surface area contributed by atoms with Gasteiger partial charge in [0.15, 0.2) is 5.78 Å². The van der Waals surface area contributed by atoms with Crippen molar-refractivity contribution in [1.29, 1.82) is 0 Å². The highest BCUT2D eigenvalue weighted by molar-refractivity contribution is 6.30. The smallest absolute Gasteiger partial charge is 0.185 e. The van der Waals surface area contributed by atoms with Gasteiger partial charge in [0.25, 0.3) is 0 Å². The monoisotopic (exact) mass is 389 g/mol. The zero-order valence-electron chi connectivity index (χ0n) is 15.7. The lowest BCUT2D eigenvalue weighted by atomic mass is 10.1. The molecule has 3 aromatic carbocycles. The molecule has 5 heteroatoms. The molecule has 3 rings (SSSR count). The van der Waals surface area contributed by atoms with Crippen LogP contribution in [0.5, 0.6) is 0 Å². The fraction of sp³-hybridized carbons (Fsp3) is 0.0870. The first-order chi connectivity index (χ1) is 13.5. The van der Waals surface area contributed by atoms with Crippen LogP contribution in [0.1, 0.15) is 15.9 Å². The number of hydrogen-bond acceptors (Lipinski definition) is 4. The molecule has 0 unspecified atom stereocenters. The predicted octanol–water partition coefficient (Wildman–Crippen LogP) is 6.72. The van der Waals surface area contributed by atoms with Crippen molar-refractivity contribution in [3.05, 3.63) is 95.0 Å². The minimum Gasteiger partial charge on any atom is -0.378 e. The van der Waals surface area contributed by atoms with Crippen LogP contribution in [0.15, 0.2) is 89.1 Å². The summed E-state index contributed by atoms with van der Waals surface area (Å²) in [6, 6.07) is 22.2. The second kappa shape index (κ2) is 9.11. The van der Waals surface area contributed by atoms with Crippen LogP contribution in [0.4, 0.5) is 17.1 Å². The van der Waals surface area contributed by atoms with Gasteiger partial charge in [0, 0.05) is 30.4 Å². The van der Waals surface area contributed by atoms with Crippen molar-refractivity contribution in [1.82, 2.24) is 0 Å². The third-order valence-corrected chi connectivity index (χ3v) is 4.35. The first-order valence-electron chi connectivity index (χ1n) is 8.78. The van der Waals surface area contributed by atoms with Crippen LogP contribution in [0.25, 0.3) is 6.08 Å². The number of nitrogens with zero attached hydrogens (tertiary/aromatic N) is 3. The van der Waals surface area contributed by atoms with Crippen molar-refractivity contribution in [2.24, 2.45) is 10.2 Å². The van der Waals surface area contributed by atoms with Crippen molar-refractivity contribution in [2.45, 2.75) is 0 Å². The Hall–Kier alpha value is -3.24. The predicted molar refractivity (Wildman–Crippen MR) is 116 cm³/mol. The van der Waals surface area contributed by atoms with Gasteiger partial charge >= 0.3 is 0 Å². The van der Waals surface area contributed by atoms with Crippen LogP contribution in [0.2, 0.25) is 5.02 Å². The second-order valence-electron chi connectivity index (χ2n) is 6.41. The number of halogens is 1. The summed E-state index contributed by atoms with van der Waals surface area (Å²) < 4.78 is 0. The molecule has 0 saturated heterocycles. The van der Waals surface area contributed by atoms with E-state index < -0.39 is 0 Å². The highest BCUT2D eigenvalue weighted by Gasteiger charge is 2.02. The molecule has 0 aliphatic rings. The lowest BCUT2D eigenvalue weighted by molar-refractivity contribution is 0.104. The molecular weight excluding hydrogens is 370 g/mol. The molecule has 0 amide bonds. The molecule has 0 aliphatic heterocycles. The lowest BCUT2D eigenvalue weighted by Crippen LogP contribution is -2.07. The van der Waals surface area contributed by atoms with E-state index in [9.17, 15) is 4.79 Å². The number of carbonyl (C=O) groups excluding carboxylic acids is 1. The number of azo groups is 1. The Kier molecular flexibility index (Phi) is 6.35. The molecule has 0 aromatic heterocycles. The fourth-order valence-corrected chi connectivity index (χ4v) is 2.59. The summed E-state index contributed by atoms with van der Waals surface area (Å²) in [6.07, 6.45) is 3.32. The van der Waals surface area contributed by atoms with Crippen molar-refractivity contribution >= 4 is 40.5 Å². The van der Waals surface area contributed by atoms with E-state index in [1.807, 2.05) is 55.4 Å². The Labute approximate surface area is 169 Å². The quantitative estimate of drug-likeness (QED) is 0.267.